The van der Waals surface area contributed by atoms with Crippen molar-refractivity contribution in [1.82, 2.24) is 9.97 Å². The minimum atomic E-state index is -0.241. The molecule has 0 saturated carbocycles. The molecule has 2 unspecified atom stereocenters. The second kappa shape index (κ2) is 6.45. The summed E-state index contributed by atoms with van der Waals surface area (Å²) in [6.07, 6.45) is 1.72. The highest BCUT2D eigenvalue weighted by Gasteiger charge is 2.17. The number of carbonyl (C=O) groups is 1. The highest BCUT2D eigenvalue weighted by atomic mass is 16.1. The number of hydrogen-bond acceptors (Lipinski definition) is 4. The number of hydrogen-bond donors (Lipinski definition) is 2. The van der Waals surface area contributed by atoms with Gasteiger partial charge in [-0.2, -0.15) is 0 Å². The van der Waals surface area contributed by atoms with Gasteiger partial charge < -0.3 is 11.1 Å². The predicted octanol–water partition coefficient (Wildman–Crippen LogP) is 2.37. The molecule has 5 nitrogen and oxygen atoms in total. The molecule has 5 heteroatoms. The first-order valence-electron chi connectivity index (χ1n) is 6.94. The van der Waals surface area contributed by atoms with Crippen LogP contribution in [0.5, 0.6) is 0 Å². The summed E-state index contributed by atoms with van der Waals surface area (Å²) in [5.41, 5.74) is 8.26. The molecule has 2 aromatic rings. The number of carbonyl (C=O) groups excluding carboxylic acids is 1. The molecular weight excluding hydrogens is 264 g/mol. The molecule has 0 saturated heterocycles. The first-order valence-corrected chi connectivity index (χ1v) is 6.94. The Morgan fingerprint density at radius 2 is 2.05 bits per heavy atom. The maximum atomic E-state index is 12.0. The number of amides is 1. The molecule has 1 amide bonds. The first kappa shape index (κ1) is 15.1. The lowest BCUT2D eigenvalue weighted by Gasteiger charge is -2.15. The van der Waals surface area contributed by atoms with E-state index in [9.17, 15) is 4.79 Å². The highest BCUT2D eigenvalue weighted by Crippen LogP contribution is 2.21. The van der Waals surface area contributed by atoms with Crippen LogP contribution in [-0.4, -0.2) is 21.9 Å². The maximum Gasteiger partial charge on any atom is 0.228 e. The Kier molecular flexibility index (Phi) is 4.65. The third kappa shape index (κ3) is 3.86. The maximum absolute atomic E-state index is 12.0. The van der Waals surface area contributed by atoms with E-state index in [1.54, 1.807) is 6.20 Å². The number of nitrogens with zero attached hydrogens (tertiary/aromatic N) is 2. The summed E-state index contributed by atoms with van der Waals surface area (Å²) in [4.78, 5) is 20.5. The van der Waals surface area contributed by atoms with Gasteiger partial charge in [-0.3, -0.25) is 4.79 Å². The van der Waals surface area contributed by atoms with Crippen LogP contribution in [0.2, 0.25) is 0 Å². The van der Waals surface area contributed by atoms with Gasteiger partial charge in [-0.15, -0.1) is 0 Å². The van der Waals surface area contributed by atoms with Crippen LogP contribution in [0, 0.1) is 12.8 Å². The number of nitrogens with one attached hydrogen (secondary N) is 1. The van der Waals surface area contributed by atoms with E-state index in [-0.39, 0.29) is 17.9 Å². The largest absolute Gasteiger partial charge is 0.327 e. The van der Waals surface area contributed by atoms with Crippen molar-refractivity contribution in [3.63, 3.8) is 0 Å². The van der Waals surface area contributed by atoms with E-state index in [2.05, 4.69) is 15.3 Å². The van der Waals surface area contributed by atoms with Gasteiger partial charge in [0.25, 0.3) is 0 Å². The van der Waals surface area contributed by atoms with E-state index in [1.807, 2.05) is 51.1 Å². The van der Waals surface area contributed by atoms with Crippen LogP contribution in [0.25, 0.3) is 11.3 Å². The summed E-state index contributed by atoms with van der Waals surface area (Å²) in [6.45, 7) is 5.49. The van der Waals surface area contributed by atoms with E-state index in [0.29, 0.717) is 5.82 Å². The molecule has 110 valence electrons. The van der Waals surface area contributed by atoms with Gasteiger partial charge >= 0.3 is 0 Å². The average Bonchev–Trinajstić information content (AvgIpc) is 2.46. The van der Waals surface area contributed by atoms with Crippen LogP contribution < -0.4 is 11.1 Å². The minimum Gasteiger partial charge on any atom is -0.327 e. The van der Waals surface area contributed by atoms with Crippen LogP contribution in [-0.2, 0) is 4.79 Å². The number of rotatable bonds is 4. The Morgan fingerprint density at radius 1 is 1.29 bits per heavy atom. The zero-order chi connectivity index (χ0) is 15.4. The topological polar surface area (TPSA) is 80.9 Å². The fraction of sp³-hybridized carbons (Fsp3) is 0.312. The molecule has 1 aromatic heterocycles. The smallest absolute Gasteiger partial charge is 0.228 e. The summed E-state index contributed by atoms with van der Waals surface area (Å²) in [5.74, 6) is 0.392. The SMILES string of the molecule is Cc1nccc(-c2cccc(NC(=O)C(C)C(C)N)c2)n1. The van der Waals surface area contributed by atoms with Gasteiger partial charge in [-0.1, -0.05) is 19.1 Å². The molecule has 2 rings (SSSR count). The van der Waals surface area contributed by atoms with Crippen LogP contribution in [0.15, 0.2) is 36.5 Å². The van der Waals surface area contributed by atoms with E-state index >= 15 is 0 Å². The van der Waals surface area contributed by atoms with Crippen molar-refractivity contribution in [2.45, 2.75) is 26.8 Å². The fourth-order valence-electron chi connectivity index (χ4n) is 1.87. The number of nitrogens with two attached hydrogens (primary N) is 1. The zero-order valence-corrected chi connectivity index (χ0v) is 12.5. The third-order valence-electron chi connectivity index (χ3n) is 3.40. The van der Waals surface area contributed by atoms with Crippen molar-refractivity contribution >= 4 is 11.6 Å². The minimum absolute atomic E-state index is 0.0824. The lowest BCUT2D eigenvalue weighted by atomic mass is 10.0. The normalized spacial score (nSPS) is 13.5. The second-order valence-corrected chi connectivity index (χ2v) is 5.21. The Bertz CT molecular complexity index is 640. The van der Waals surface area contributed by atoms with E-state index in [1.165, 1.54) is 0 Å². The van der Waals surface area contributed by atoms with Crippen molar-refractivity contribution < 1.29 is 4.79 Å². The standard InChI is InChI=1S/C16H20N4O/c1-10(11(2)17)16(21)20-14-6-4-5-13(9-14)15-7-8-18-12(3)19-15/h4-11H,17H2,1-3H3,(H,20,21). The highest BCUT2D eigenvalue weighted by molar-refractivity contribution is 5.93. The van der Waals surface area contributed by atoms with Gasteiger partial charge in [0.2, 0.25) is 5.91 Å². The molecule has 1 aromatic carbocycles. The predicted molar refractivity (Wildman–Crippen MR) is 83.6 cm³/mol. The third-order valence-corrected chi connectivity index (χ3v) is 3.40. The summed E-state index contributed by atoms with van der Waals surface area (Å²) in [5, 5.41) is 2.89. The number of benzene rings is 1. The summed E-state index contributed by atoms with van der Waals surface area (Å²) in [7, 11) is 0. The molecule has 0 aliphatic heterocycles. The number of anilines is 1. The van der Waals surface area contributed by atoms with E-state index in [0.717, 1.165) is 16.9 Å². The Labute approximate surface area is 124 Å². The fourth-order valence-corrected chi connectivity index (χ4v) is 1.87. The van der Waals surface area contributed by atoms with Crippen molar-refractivity contribution in [3.05, 3.63) is 42.4 Å². The van der Waals surface area contributed by atoms with Crippen LogP contribution in [0.1, 0.15) is 19.7 Å². The summed E-state index contributed by atoms with van der Waals surface area (Å²) in [6, 6.07) is 9.25. The summed E-state index contributed by atoms with van der Waals surface area (Å²) < 4.78 is 0. The van der Waals surface area contributed by atoms with Gasteiger partial charge in [0.15, 0.2) is 0 Å². The van der Waals surface area contributed by atoms with Crippen molar-refractivity contribution in [3.8, 4) is 11.3 Å². The Morgan fingerprint density at radius 3 is 2.71 bits per heavy atom. The molecule has 0 radical (unpaired) electrons. The number of aryl methyl sites for hydroxylation is 1. The van der Waals surface area contributed by atoms with Crippen LogP contribution in [0.3, 0.4) is 0 Å². The van der Waals surface area contributed by atoms with Gasteiger partial charge in [-0.05, 0) is 32.0 Å². The molecule has 0 spiro atoms. The molecule has 0 fully saturated rings. The van der Waals surface area contributed by atoms with E-state index < -0.39 is 0 Å². The van der Waals surface area contributed by atoms with Gasteiger partial charge in [-0.25, -0.2) is 9.97 Å². The number of aromatic nitrogens is 2. The quantitative estimate of drug-likeness (QED) is 0.903. The van der Waals surface area contributed by atoms with Crippen molar-refractivity contribution in [2.24, 2.45) is 11.7 Å². The summed E-state index contributed by atoms with van der Waals surface area (Å²) >= 11 is 0. The van der Waals surface area contributed by atoms with Crippen LogP contribution in [0.4, 0.5) is 5.69 Å². The lowest BCUT2D eigenvalue weighted by molar-refractivity contribution is -0.119. The average molecular weight is 284 g/mol. The van der Waals surface area contributed by atoms with Crippen LogP contribution >= 0.6 is 0 Å². The Hall–Kier alpha value is -2.27. The molecule has 0 aliphatic rings. The second-order valence-electron chi connectivity index (χ2n) is 5.21. The molecular formula is C16H20N4O. The van der Waals surface area contributed by atoms with E-state index in [4.69, 9.17) is 5.73 Å². The molecule has 1 heterocycles. The molecule has 0 bridgehead atoms. The molecule has 2 atom stereocenters. The Balaban J connectivity index is 2.20. The van der Waals surface area contributed by atoms with Gasteiger partial charge in [0.1, 0.15) is 5.82 Å². The molecule has 3 N–H and O–H groups in total. The first-order chi connectivity index (χ1) is 9.97. The monoisotopic (exact) mass is 284 g/mol. The zero-order valence-electron chi connectivity index (χ0n) is 12.5. The molecule has 21 heavy (non-hydrogen) atoms. The molecule has 0 aliphatic carbocycles. The van der Waals surface area contributed by atoms with Gasteiger partial charge in [0, 0.05) is 23.5 Å². The van der Waals surface area contributed by atoms with Crippen molar-refractivity contribution in [1.29, 1.82) is 0 Å². The van der Waals surface area contributed by atoms with Crippen molar-refractivity contribution in [2.75, 3.05) is 5.32 Å². The van der Waals surface area contributed by atoms with Gasteiger partial charge in [0.05, 0.1) is 11.6 Å². The lowest BCUT2D eigenvalue weighted by Crippen LogP contribution is -2.34.